The van der Waals surface area contributed by atoms with E-state index in [0.717, 1.165) is 39.0 Å². The molecule has 4 aliphatic rings. The molecule has 4 fully saturated rings. The fourth-order valence-electron chi connectivity index (χ4n) is 5.26. The predicted octanol–water partition coefficient (Wildman–Crippen LogP) is 1.87. The van der Waals surface area contributed by atoms with Crippen molar-refractivity contribution in [3.05, 3.63) is 0 Å². The van der Waals surface area contributed by atoms with Gasteiger partial charge in [0.2, 0.25) is 5.91 Å². The van der Waals surface area contributed by atoms with Gasteiger partial charge < -0.3 is 15.4 Å². The Hall–Kier alpha value is -0.320. The van der Waals surface area contributed by atoms with E-state index in [2.05, 4.69) is 10.6 Å². The van der Waals surface area contributed by atoms with Crippen LogP contribution < -0.4 is 10.6 Å². The van der Waals surface area contributed by atoms with Crippen molar-refractivity contribution in [2.45, 2.75) is 57.1 Å². The van der Waals surface area contributed by atoms with Crippen molar-refractivity contribution in [3.8, 4) is 0 Å². The second kappa shape index (κ2) is 6.05. The summed E-state index contributed by atoms with van der Waals surface area (Å²) in [5.74, 6) is 1.14. The van der Waals surface area contributed by atoms with E-state index in [4.69, 9.17) is 4.74 Å². The molecular formula is C16H27ClN2O2. The van der Waals surface area contributed by atoms with Crippen molar-refractivity contribution in [1.82, 2.24) is 10.6 Å². The van der Waals surface area contributed by atoms with Crippen LogP contribution >= 0.6 is 12.4 Å². The highest BCUT2D eigenvalue weighted by molar-refractivity contribution is 5.85. The van der Waals surface area contributed by atoms with E-state index >= 15 is 0 Å². The molecule has 5 heteroatoms. The minimum Gasteiger partial charge on any atom is -0.377 e. The van der Waals surface area contributed by atoms with Gasteiger partial charge in [0.05, 0.1) is 6.10 Å². The summed E-state index contributed by atoms with van der Waals surface area (Å²) in [6, 6.07) is 0.403. The van der Waals surface area contributed by atoms with Crippen LogP contribution in [0, 0.1) is 17.3 Å². The first-order valence-corrected chi connectivity index (χ1v) is 8.44. The summed E-state index contributed by atoms with van der Waals surface area (Å²) in [6.07, 6.45) is 8.72. The number of amides is 1. The summed E-state index contributed by atoms with van der Waals surface area (Å²) in [5, 5.41) is 6.78. The average Bonchev–Trinajstić information content (AvgIpc) is 3.13. The van der Waals surface area contributed by atoms with Crippen LogP contribution in [0.1, 0.15) is 44.9 Å². The van der Waals surface area contributed by atoms with E-state index in [1.165, 1.54) is 25.7 Å². The Morgan fingerprint density at radius 3 is 2.57 bits per heavy atom. The van der Waals surface area contributed by atoms with Crippen LogP contribution in [0.5, 0.6) is 0 Å². The minimum atomic E-state index is 0. The molecule has 3 unspecified atom stereocenters. The van der Waals surface area contributed by atoms with Crippen molar-refractivity contribution in [1.29, 1.82) is 0 Å². The standard InChI is InChI=1S/C16H26N2O2.ClH/c19-15(11-3-8-17-9-4-11)18-13-12-5-10-20-14(12)16(13)6-1-2-7-16;/h11-14,17H,1-10H2,(H,18,19);1H. The molecule has 2 saturated heterocycles. The molecule has 2 saturated carbocycles. The van der Waals surface area contributed by atoms with Gasteiger partial charge in [-0.25, -0.2) is 0 Å². The van der Waals surface area contributed by atoms with Gasteiger partial charge in [-0.3, -0.25) is 4.79 Å². The fourth-order valence-corrected chi connectivity index (χ4v) is 5.26. The maximum absolute atomic E-state index is 12.6. The number of nitrogens with one attached hydrogen (secondary N) is 2. The summed E-state index contributed by atoms with van der Waals surface area (Å²) in [7, 11) is 0. The molecule has 0 aromatic carbocycles. The molecule has 4 rings (SSSR count). The smallest absolute Gasteiger partial charge is 0.223 e. The third kappa shape index (κ3) is 2.40. The van der Waals surface area contributed by atoms with Crippen LogP contribution in [0.2, 0.25) is 0 Å². The Bertz CT molecular complexity index is 392. The highest BCUT2D eigenvalue weighted by Crippen LogP contribution is 2.60. The molecule has 1 spiro atoms. The summed E-state index contributed by atoms with van der Waals surface area (Å²) in [4.78, 5) is 12.6. The van der Waals surface area contributed by atoms with Gasteiger partial charge in [-0.05, 0) is 45.2 Å². The number of ether oxygens (including phenoxy) is 1. The lowest BCUT2D eigenvalue weighted by molar-refractivity contribution is -0.148. The Labute approximate surface area is 133 Å². The lowest BCUT2D eigenvalue weighted by Gasteiger charge is -2.57. The van der Waals surface area contributed by atoms with Crippen LogP contribution in [0.25, 0.3) is 0 Å². The van der Waals surface area contributed by atoms with Gasteiger partial charge >= 0.3 is 0 Å². The summed E-state index contributed by atoms with van der Waals surface area (Å²) < 4.78 is 5.99. The number of rotatable bonds is 2. The molecule has 0 bridgehead atoms. The highest BCUT2D eigenvalue weighted by atomic mass is 35.5. The Kier molecular flexibility index (Phi) is 4.49. The number of hydrogen-bond acceptors (Lipinski definition) is 3. The number of fused-ring (bicyclic) bond motifs is 2. The molecule has 4 nitrogen and oxygen atoms in total. The number of hydrogen-bond donors (Lipinski definition) is 2. The van der Waals surface area contributed by atoms with Crippen molar-refractivity contribution in [3.63, 3.8) is 0 Å². The molecule has 2 N–H and O–H groups in total. The monoisotopic (exact) mass is 314 g/mol. The van der Waals surface area contributed by atoms with Gasteiger partial charge in [-0.1, -0.05) is 12.8 Å². The van der Waals surface area contributed by atoms with Crippen molar-refractivity contribution < 1.29 is 9.53 Å². The highest BCUT2D eigenvalue weighted by Gasteiger charge is 2.65. The molecule has 2 heterocycles. The van der Waals surface area contributed by atoms with Crippen molar-refractivity contribution in [2.24, 2.45) is 17.3 Å². The quantitative estimate of drug-likeness (QED) is 0.818. The molecule has 0 aromatic rings. The number of carbonyl (C=O) groups is 1. The van der Waals surface area contributed by atoms with Gasteiger partial charge in [0, 0.05) is 29.9 Å². The Balaban J connectivity index is 0.00000132. The van der Waals surface area contributed by atoms with Gasteiger partial charge in [0.15, 0.2) is 0 Å². The van der Waals surface area contributed by atoms with Crippen LogP contribution in [0.15, 0.2) is 0 Å². The minimum absolute atomic E-state index is 0. The zero-order valence-corrected chi connectivity index (χ0v) is 13.4. The lowest BCUT2D eigenvalue weighted by Crippen LogP contribution is -2.68. The van der Waals surface area contributed by atoms with E-state index in [1.54, 1.807) is 0 Å². The second-order valence-corrected chi connectivity index (χ2v) is 7.19. The van der Waals surface area contributed by atoms with E-state index in [1.807, 2.05) is 0 Å². The fraction of sp³-hybridized carbons (Fsp3) is 0.938. The maximum atomic E-state index is 12.6. The molecule has 3 atom stereocenters. The zero-order chi connectivity index (χ0) is 13.6. The maximum Gasteiger partial charge on any atom is 0.223 e. The van der Waals surface area contributed by atoms with Gasteiger partial charge in [0.1, 0.15) is 0 Å². The van der Waals surface area contributed by atoms with Crippen LogP contribution in [0.4, 0.5) is 0 Å². The van der Waals surface area contributed by atoms with Gasteiger partial charge in [-0.15, -0.1) is 12.4 Å². The Morgan fingerprint density at radius 2 is 1.86 bits per heavy atom. The third-order valence-corrected chi connectivity index (χ3v) is 6.29. The van der Waals surface area contributed by atoms with Crippen LogP contribution in [-0.4, -0.2) is 37.7 Å². The summed E-state index contributed by atoms with van der Waals surface area (Å²) >= 11 is 0. The Morgan fingerprint density at radius 1 is 1.14 bits per heavy atom. The lowest BCUT2D eigenvalue weighted by atomic mass is 9.54. The first kappa shape index (κ1) is 15.6. The first-order chi connectivity index (χ1) is 9.81. The average molecular weight is 315 g/mol. The van der Waals surface area contributed by atoms with E-state index in [-0.39, 0.29) is 18.3 Å². The number of piperidine rings is 1. The largest absolute Gasteiger partial charge is 0.377 e. The first-order valence-electron chi connectivity index (χ1n) is 8.44. The molecule has 0 radical (unpaired) electrons. The number of carbonyl (C=O) groups excluding carboxylic acids is 1. The SMILES string of the molecule is Cl.O=C(NC1C2CCOC2C12CCCC2)C1CCNCC1. The van der Waals surface area contributed by atoms with E-state index in [0.29, 0.717) is 29.4 Å². The molecule has 21 heavy (non-hydrogen) atoms. The molecule has 120 valence electrons. The van der Waals surface area contributed by atoms with Gasteiger partial charge in [0.25, 0.3) is 0 Å². The van der Waals surface area contributed by atoms with Gasteiger partial charge in [-0.2, -0.15) is 0 Å². The van der Waals surface area contributed by atoms with Crippen LogP contribution in [-0.2, 0) is 9.53 Å². The zero-order valence-electron chi connectivity index (χ0n) is 12.6. The summed E-state index contributed by atoms with van der Waals surface area (Å²) in [6.45, 7) is 2.88. The molecule has 0 aromatic heterocycles. The predicted molar refractivity (Wildman–Crippen MR) is 83.5 cm³/mol. The summed E-state index contributed by atoms with van der Waals surface area (Å²) in [5.41, 5.74) is 0.295. The second-order valence-electron chi connectivity index (χ2n) is 7.19. The topological polar surface area (TPSA) is 50.4 Å². The third-order valence-electron chi connectivity index (χ3n) is 6.29. The molecule has 1 amide bonds. The van der Waals surface area contributed by atoms with Crippen molar-refractivity contribution in [2.75, 3.05) is 19.7 Å². The molecule has 2 aliphatic heterocycles. The van der Waals surface area contributed by atoms with Crippen molar-refractivity contribution >= 4 is 18.3 Å². The normalized spacial score (nSPS) is 37.6. The van der Waals surface area contributed by atoms with E-state index < -0.39 is 0 Å². The number of halogens is 1. The molecular weight excluding hydrogens is 288 g/mol. The molecule has 2 aliphatic carbocycles. The van der Waals surface area contributed by atoms with Crippen LogP contribution in [0.3, 0.4) is 0 Å². The van der Waals surface area contributed by atoms with E-state index in [9.17, 15) is 4.79 Å².